The quantitative estimate of drug-likeness (QED) is 0.768. The highest BCUT2D eigenvalue weighted by Gasteiger charge is 2.10. The fourth-order valence-corrected chi connectivity index (χ4v) is 1.55. The lowest BCUT2D eigenvalue weighted by Crippen LogP contribution is -2.13. The van der Waals surface area contributed by atoms with Crippen molar-refractivity contribution in [2.24, 2.45) is 5.73 Å². The van der Waals surface area contributed by atoms with E-state index in [1.54, 1.807) is 18.2 Å². The molecule has 0 aliphatic heterocycles. The number of thiocarbonyl (C=S) groups is 1. The first kappa shape index (κ1) is 11.2. The second-order valence-corrected chi connectivity index (χ2v) is 3.40. The SMILES string of the molecule is NC(=S)c1c(Cl)cccc1OCCO. The van der Waals surface area contributed by atoms with Crippen LogP contribution in [-0.2, 0) is 0 Å². The maximum atomic E-state index is 8.60. The van der Waals surface area contributed by atoms with Gasteiger partial charge in [0.1, 0.15) is 17.3 Å². The minimum absolute atomic E-state index is 0.0662. The van der Waals surface area contributed by atoms with Gasteiger partial charge in [0.2, 0.25) is 0 Å². The average molecular weight is 232 g/mol. The van der Waals surface area contributed by atoms with E-state index in [1.165, 1.54) is 0 Å². The third-order valence-corrected chi connectivity index (χ3v) is 2.09. The summed E-state index contributed by atoms with van der Waals surface area (Å²) in [5.41, 5.74) is 6.00. The number of rotatable bonds is 4. The van der Waals surface area contributed by atoms with Crippen molar-refractivity contribution in [3.05, 3.63) is 28.8 Å². The Morgan fingerprint density at radius 2 is 2.29 bits per heavy atom. The molecular formula is C9H10ClNO2S. The van der Waals surface area contributed by atoms with Gasteiger partial charge in [0.25, 0.3) is 0 Å². The van der Waals surface area contributed by atoms with E-state index in [2.05, 4.69) is 0 Å². The van der Waals surface area contributed by atoms with E-state index in [0.29, 0.717) is 16.3 Å². The van der Waals surface area contributed by atoms with E-state index in [4.69, 9.17) is 39.4 Å². The van der Waals surface area contributed by atoms with Crippen molar-refractivity contribution in [2.75, 3.05) is 13.2 Å². The maximum Gasteiger partial charge on any atom is 0.131 e. The van der Waals surface area contributed by atoms with E-state index < -0.39 is 0 Å². The van der Waals surface area contributed by atoms with Crippen molar-refractivity contribution in [1.29, 1.82) is 0 Å². The van der Waals surface area contributed by atoms with Crippen LogP contribution >= 0.6 is 23.8 Å². The molecule has 0 amide bonds. The third kappa shape index (κ3) is 2.57. The molecular weight excluding hydrogens is 222 g/mol. The third-order valence-electron chi connectivity index (χ3n) is 1.57. The minimum Gasteiger partial charge on any atom is -0.490 e. The summed E-state index contributed by atoms with van der Waals surface area (Å²) < 4.78 is 5.23. The molecule has 0 saturated carbocycles. The summed E-state index contributed by atoms with van der Waals surface area (Å²) in [5.74, 6) is 0.499. The van der Waals surface area contributed by atoms with Crippen LogP contribution in [0.1, 0.15) is 5.56 Å². The van der Waals surface area contributed by atoms with Gasteiger partial charge in [-0.1, -0.05) is 29.9 Å². The molecule has 1 aromatic rings. The summed E-state index contributed by atoms with van der Waals surface area (Å²) in [4.78, 5) is 0.184. The van der Waals surface area contributed by atoms with Crippen LogP contribution in [0.3, 0.4) is 0 Å². The number of aliphatic hydroxyl groups is 1. The Morgan fingerprint density at radius 1 is 1.57 bits per heavy atom. The standard InChI is InChI=1S/C9H10ClNO2S/c10-6-2-1-3-7(13-5-4-12)8(6)9(11)14/h1-3,12H,4-5H2,(H2,11,14). The van der Waals surface area contributed by atoms with E-state index >= 15 is 0 Å². The van der Waals surface area contributed by atoms with Crippen LogP contribution in [0.25, 0.3) is 0 Å². The number of ether oxygens (including phenoxy) is 1. The molecule has 1 rings (SSSR count). The van der Waals surface area contributed by atoms with Gasteiger partial charge in [-0.25, -0.2) is 0 Å². The molecule has 0 fully saturated rings. The van der Waals surface area contributed by atoms with E-state index in [0.717, 1.165) is 0 Å². The summed E-state index contributed by atoms with van der Waals surface area (Å²) in [6.07, 6.45) is 0. The van der Waals surface area contributed by atoms with Crippen LogP contribution in [0.15, 0.2) is 18.2 Å². The summed E-state index contributed by atoms with van der Waals surface area (Å²) in [5, 5.41) is 9.06. The van der Waals surface area contributed by atoms with Crippen molar-refractivity contribution >= 4 is 28.8 Å². The zero-order valence-corrected chi connectivity index (χ0v) is 8.94. The Kier molecular flexibility index (Phi) is 4.13. The number of hydrogen-bond acceptors (Lipinski definition) is 3. The zero-order chi connectivity index (χ0) is 10.6. The lowest BCUT2D eigenvalue weighted by atomic mass is 10.2. The Balaban J connectivity index is 3.02. The fourth-order valence-electron chi connectivity index (χ4n) is 1.02. The van der Waals surface area contributed by atoms with Gasteiger partial charge < -0.3 is 15.6 Å². The van der Waals surface area contributed by atoms with Crippen LogP contribution in [0.2, 0.25) is 5.02 Å². The van der Waals surface area contributed by atoms with E-state index in [-0.39, 0.29) is 18.2 Å². The molecule has 0 aliphatic rings. The highest BCUT2D eigenvalue weighted by atomic mass is 35.5. The van der Waals surface area contributed by atoms with Crippen molar-refractivity contribution in [1.82, 2.24) is 0 Å². The van der Waals surface area contributed by atoms with Crippen molar-refractivity contribution in [3.63, 3.8) is 0 Å². The Morgan fingerprint density at radius 3 is 2.86 bits per heavy atom. The van der Waals surface area contributed by atoms with Gasteiger partial charge in [-0.05, 0) is 12.1 Å². The van der Waals surface area contributed by atoms with Gasteiger partial charge in [-0.3, -0.25) is 0 Å². The predicted molar refractivity (Wildman–Crippen MR) is 59.9 cm³/mol. The maximum absolute atomic E-state index is 8.60. The summed E-state index contributed by atoms with van der Waals surface area (Å²) in [6.45, 7) is 0.124. The Bertz CT molecular complexity index is 344. The van der Waals surface area contributed by atoms with Crippen LogP contribution < -0.4 is 10.5 Å². The van der Waals surface area contributed by atoms with Gasteiger partial charge in [0.15, 0.2) is 0 Å². The van der Waals surface area contributed by atoms with E-state index in [1.807, 2.05) is 0 Å². The number of benzene rings is 1. The molecule has 3 N–H and O–H groups in total. The number of hydrogen-bond donors (Lipinski definition) is 2. The highest BCUT2D eigenvalue weighted by molar-refractivity contribution is 7.80. The zero-order valence-electron chi connectivity index (χ0n) is 7.37. The van der Waals surface area contributed by atoms with Crippen LogP contribution in [0.5, 0.6) is 5.75 Å². The summed E-state index contributed by atoms with van der Waals surface area (Å²) >= 11 is 10.7. The van der Waals surface area contributed by atoms with Crippen molar-refractivity contribution in [3.8, 4) is 5.75 Å². The molecule has 0 bridgehead atoms. The summed E-state index contributed by atoms with van der Waals surface area (Å²) in [6, 6.07) is 5.12. The van der Waals surface area contributed by atoms with Gasteiger partial charge in [-0.2, -0.15) is 0 Å². The molecule has 0 saturated heterocycles. The van der Waals surface area contributed by atoms with Gasteiger partial charge in [0, 0.05) is 0 Å². The number of nitrogens with two attached hydrogens (primary N) is 1. The largest absolute Gasteiger partial charge is 0.490 e. The van der Waals surface area contributed by atoms with Crippen LogP contribution in [0.4, 0.5) is 0 Å². The minimum atomic E-state index is -0.0662. The molecule has 0 aromatic heterocycles. The molecule has 0 atom stereocenters. The molecule has 0 unspecified atom stereocenters. The van der Waals surface area contributed by atoms with E-state index in [9.17, 15) is 0 Å². The molecule has 3 nitrogen and oxygen atoms in total. The number of aliphatic hydroxyl groups excluding tert-OH is 1. The predicted octanol–water partition coefficient (Wildman–Crippen LogP) is 1.35. The van der Waals surface area contributed by atoms with Crippen LogP contribution in [-0.4, -0.2) is 23.3 Å². The number of halogens is 1. The smallest absolute Gasteiger partial charge is 0.131 e. The van der Waals surface area contributed by atoms with Gasteiger partial charge in [-0.15, -0.1) is 0 Å². The lowest BCUT2D eigenvalue weighted by Gasteiger charge is -2.10. The first-order valence-corrected chi connectivity index (χ1v) is 4.77. The molecule has 76 valence electrons. The first-order chi connectivity index (χ1) is 6.66. The Labute approximate surface area is 92.4 Å². The second kappa shape index (κ2) is 5.14. The van der Waals surface area contributed by atoms with Gasteiger partial charge in [0.05, 0.1) is 17.2 Å². The fraction of sp³-hybridized carbons (Fsp3) is 0.222. The molecule has 5 heteroatoms. The first-order valence-electron chi connectivity index (χ1n) is 3.98. The van der Waals surface area contributed by atoms with Crippen molar-refractivity contribution in [2.45, 2.75) is 0 Å². The van der Waals surface area contributed by atoms with Crippen molar-refractivity contribution < 1.29 is 9.84 Å². The molecule has 1 aromatic carbocycles. The highest BCUT2D eigenvalue weighted by Crippen LogP contribution is 2.26. The lowest BCUT2D eigenvalue weighted by molar-refractivity contribution is 0.201. The average Bonchev–Trinajstić information content (AvgIpc) is 2.14. The molecule has 0 spiro atoms. The Hall–Kier alpha value is -0.840. The summed E-state index contributed by atoms with van der Waals surface area (Å²) in [7, 11) is 0. The normalized spacial score (nSPS) is 9.86. The molecule has 0 aliphatic carbocycles. The molecule has 0 heterocycles. The molecule has 0 radical (unpaired) electrons. The molecule has 14 heavy (non-hydrogen) atoms. The van der Waals surface area contributed by atoms with Gasteiger partial charge >= 0.3 is 0 Å². The van der Waals surface area contributed by atoms with Crippen LogP contribution in [0, 0.1) is 0 Å². The monoisotopic (exact) mass is 231 g/mol. The second-order valence-electron chi connectivity index (χ2n) is 2.55. The topological polar surface area (TPSA) is 55.5 Å².